The minimum Gasteiger partial charge on any atom is -0.385 e. The molecule has 0 bridgehead atoms. The number of nitrogens with one attached hydrogen (secondary N) is 1. The van der Waals surface area contributed by atoms with E-state index in [4.69, 9.17) is 10.6 Å². The molecule has 0 aliphatic rings. The van der Waals surface area contributed by atoms with Gasteiger partial charge in [0.15, 0.2) is 0 Å². The summed E-state index contributed by atoms with van der Waals surface area (Å²) in [6.45, 7) is 0.768. The Bertz CT molecular complexity index is 107. The van der Waals surface area contributed by atoms with Gasteiger partial charge in [0.25, 0.3) is 0 Å². The molecule has 1 amide bonds. The summed E-state index contributed by atoms with van der Waals surface area (Å²) in [5.41, 5.74) is 2.09. The summed E-state index contributed by atoms with van der Waals surface area (Å²) in [6, 6.07) is 0. The number of carbonyl (C=O) groups excluding carboxylic acids is 1. The summed E-state index contributed by atoms with van der Waals surface area (Å²) in [5.74, 6) is 4.79. The molecule has 0 atom stereocenters. The molecule has 0 radical (unpaired) electrons. The molecule has 0 unspecified atom stereocenters. The lowest BCUT2D eigenvalue weighted by molar-refractivity contribution is -0.121. The first kappa shape index (κ1) is 10.4. The van der Waals surface area contributed by atoms with Crippen LogP contribution in [0.15, 0.2) is 0 Å². The van der Waals surface area contributed by atoms with E-state index < -0.39 is 0 Å². The third-order valence-electron chi connectivity index (χ3n) is 1.41. The standard InChI is InChI=1S/C7H16N2O2/c1-11-6-4-2-3-5-7(10)9-8/h2-6,8H2,1H3,(H,9,10). The van der Waals surface area contributed by atoms with Gasteiger partial charge in [-0.1, -0.05) is 6.42 Å². The van der Waals surface area contributed by atoms with Crippen molar-refractivity contribution in [3.63, 3.8) is 0 Å². The van der Waals surface area contributed by atoms with Crippen LogP contribution in [0.3, 0.4) is 0 Å². The summed E-state index contributed by atoms with van der Waals surface area (Å²) in [6.07, 6.45) is 3.42. The van der Waals surface area contributed by atoms with Gasteiger partial charge in [-0.3, -0.25) is 10.2 Å². The van der Waals surface area contributed by atoms with Gasteiger partial charge in [0.05, 0.1) is 0 Å². The highest BCUT2D eigenvalue weighted by Gasteiger charge is 1.96. The average Bonchev–Trinajstić information content (AvgIpc) is 2.04. The Labute approximate surface area is 67.1 Å². The van der Waals surface area contributed by atoms with Crippen LogP contribution in [0.25, 0.3) is 0 Å². The second-order valence-corrected chi connectivity index (χ2v) is 2.37. The van der Waals surface area contributed by atoms with E-state index in [0.29, 0.717) is 6.42 Å². The zero-order valence-corrected chi connectivity index (χ0v) is 6.93. The second-order valence-electron chi connectivity index (χ2n) is 2.37. The number of methoxy groups -OCH3 is 1. The molecule has 0 saturated carbocycles. The molecule has 0 heterocycles. The monoisotopic (exact) mass is 160 g/mol. The van der Waals surface area contributed by atoms with Crippen LogP contribution < -0.4 is 11.3 Å². The molecule has 66 valence electrons. The Morgan fingerprint density at radius 2 is 2.18 bits per heavy atom. The molecule has 11 heavy (non-hydrogen) atoms. The molecule has 0 fully saturated rings. The van der Waals surface area contributed by atoms with Crippen molar-refractivity contribution in [2.75, 3.05) is 13.7 Å². The number of amides is 1. The van der Waals surface area contributed by atoms with Crippen LogP contribution in [0.2, 0.25) is 0 Å². The van der Waals surface area contributed by atoms with Crippen molar-refractivity contribution >= 4 is 5.91 Å². The van der Waals surface area contributed by atoms with Crippen molar-refractivity contribution in [1.29, 1.82) is 0 Å². The lowest BCUT2D eigenvalue weighted by Crippen LogP contribution is -2.29. The van der Waals surface area contributed by atoms with Crippen molar-refractivity contribution < 1.29 is 9.53 Å². The van der Waals surface area contributed by atoms with E-state index in [-0.39, 0.29) is 5.91 Å². The Hall–Kier alpha value is -0.610. The van der Waals surface area contributed by atoms with E-state index in [9.17, 15) is 4.79 Å². The van der Waals surface area contributed by atoms with Crippen LogP contribution in [0.4, 0.5) is 0 Å². The lowest BCUT2D eigenvalue weighted by Gasteiger charge is -1.99. The SMILES string of the molecule is COCCCCCC(=O)NN. The first-order valence-corrected chi connectivity index (χ1v) is 3.79. The summed E-state index contributed by atoms with van der Waals surface area (Å²) in [5, 5.41) is 0. The minimum atomic E-state index is -0.0950. The number of hydrogen-bond acceptors (Lipinski definition) is 3. The molecule has 0 spiro atoms. The van der Waals surface area contributed by atoms with Crippen molar-refractivity contribution in [1.82, 2.24) is 5.43 Å². The Balaban J connectivity index is 2.95. The highest BCUT2D eigenvalue weighted by atomic mass is 16.5. The first-order valence-electron chi connectivity index (χ1n) is 3.79. The fourth-order valence-corrected chi connectivity index (χ4v) is 0.781. The highest BCUT2D eigenvalue weighted by Crippen LogP contribution is 1.98. The largest absolute Gasteiger partial charge is 0.385 e. The summed E-state index contributed by atoms with van der Waals surface area (Å²) in [4.78, 5) is 10.6. The van der Waals surface area contributed by atoms with Gasteiger partial charge in [-0.05, 0) is 12.8 Å². The van der Waals surface area contributed by atoms with Crippen LogP contribution >= 0.6 is 0 Å². The number of carbonyl (C=O) groups is 1. The zero-order valence-electron chi connectivity index (χ0n) is 6.93. The Morgan fingerprint density at radius 1 is 1.45 bits per heavy atom. The number of rotatable bonds is 6. The van der Waals surface area contributed by atoms with Crippen LogP contribution in [-0.4, -0.2) is 19.6 Å². The third-order valence-corrected chi connectivity index (χ3v) is 1.41. The van der Waals surface area contributed by atoms with Gasteiger partial charge >= 0.3 is 0 Å². The van der Waals surface area contributed by atoms with E-state index in [0.717, 1.165) is 25.9 Å². The van der Waals surface area contributed by atoms with Crippen LogP contribution in [0.1, 0.15) is 25.7 Å². The molecular weight excluding hydrogens is 144 g/mol. The van der Waals surface area contributed by atoms with Gasteiger partial charge < -0.3 is 4.74 Å². The second kappa shape index (κ2) is 7.50. The fourth-order valence-electron chi connectivity index (χ4n) is 0.781. The molecule has 0 rings (SSSR count). The molecule has 0 aromatic heterocycles. The molecule has 0 saturated heterocycles. The number of hydrazine groups is 1. The van der Waals surface area contributed by atoms with Gasteiger partial charge in [0.2, 0.25) is 5.91 Å². The molecule has 0 aromatic carbocycles. The van der Waals surface area contributed by atoms with E-state index >= 15 is 0 Å². The predicted octanol–water partition coefficient (Wildman–Crippen LogP) is 0.183. The van der Waals surface area contributed by atoms with Crippen LogP contribution in [0, 0.1) is 0 Å². The Morgan fingerprint density at radius 3 is 2.73 bits per heavy atom. The predicted molar refractivity (Wildman–Crippen MR) is 42.7 cm³/mol. The number of ether oxygens (including phenoxy) is 1. The topological polar surface area (TPSA) is 64.3 Å². The van der Waals surface area contributed by atoms with Crippen molar-refractivity contribution in [2.24, 2.45) is 5.84 Å². The molecule has 0 aliphatic heterocycles. The average molecular weight is 160 g/mol. The smallest absolute Gasteiger partial charge is 0.233 e. The summed E-state index contributed by atoms with van der Waals surface area (Å²) in [7, 11) is 1.67. The quantitative estimate of drug-likeness (QED) is 0.252. The Kier molecular flexibility index (Phi) is 7.08. The van der Waals surface area contributed by atoms with E-state index in [1.54, 1.807) is 7.11 Å². The fraction of sp³-hybridized carbons (Fsp3) is 0.857. The zero-order chi connectivity index (χ0) is 8.53. The van der Waals surface area contributed by atoms with Crippen molar-refractivity contribution in [3.05, 3.63) is 0 Å². The van der Waals surface area contributed by atoms with Crippen LogP contribution in [0.5, 0.6) is 0 Å². The van der Waals surface area contributed by atoms with Crippen molar-refractivity contribution in [2.45, 2.75) is 25.7 Å². The van der Waals surface area contributed by atoms with Crippen LogP contribution in [-0.2, 0) is 9.53 Å². The maximum Gasteiger partial charge on any atom is 0.233 e. The van der Waals surface area contributed by atoms with E-state index in [1.165, 1.54) is 0 Å². The molecule has 4 nitrogen and oxygen atoms in total. The maximum atomic E-state index is 10.6. The molecule has 3 N–H and O–H groups in total. The first-order chi connectivity index (χ1) is 5.31. The number of unbranched alkanes of at least 4 members (excludes halogenated alkanes) is 2. The van der Waals surface area contributed by atoms with Gasteiger partial charge in [-0.2, -0.15) is 0 Å². The van der Waals surface area contributed by atoms with E-state index in [1.807, 2.05) is 0 Å². The number of nitrogens with two attached hydrogens (primary N) is 1. The minimum absolute atomic E-state index is 0.0950. The van der Waals surface area contributed by atoms with Crippen molar-refractivity contribution in [3.8, 4) is 0 Å². The summed E-state index contributed by atoms with van der Waals surface area (Å²) >= 11 is 0. The van der Waals surface area contributed by atoms with E-state index in [2.05, 4.69) is 5.43 Å². The maximum absolute atomic E-state index is 10.6. The number of hydrogen-bond donors (Lipinski definition) is 2. The third kappa shape index (κ3) is 7.29. The molecule has 0 aliphatic carbocycles. The molecule has 4 heteroatoms. The van der Waals surface area contributed by atoms with Gasteiger partial charge in [0.1, 0.15) is 0 Å². The molecule has 0 aromatic rings. The molecular formula is C7H16N2O2. The lowest BCUT2D eigenvalue weighted by atomic mass is 10.2. The summed E-state index contributed by atoms with van der Waals surface area (Å²) < 4.78 is 4.85. The van der Waals surface area contributed by atoms with Gasteiger partial charge in [-0.15, -0.1) is 0 Å². The van der Waals surface area contributed by atoms with Gasteiger partial charge in [-0.25, -0.2) is 5.84 Å². The normalized spacial score (nSPS) is 9.64. The van der Waals surface area contributed by atoms with Gasteiger partial charge in [0, 0.05) is 20.1 Å². The highest BCUT2D eigenvalue weighted by molar-refractivity contribution is 5.74.